The van der Waals surface area contributed by atoms with Crippen molar-refractivity contribution in [2.24, 2.45) is 5.73 Å². The molecular weight excluding hydrogens is 463 g/mol. The number of hydrogen-bond acceptors (Lipinski definition) is 5. The Kier molecular flexibility index (Phi) is 6.47. The van der Waals surface area contributed by atoms with Crippen molar-refractivity contribution in [1.29, 1.82) is 5.26 Å². The minimum absolute atomic E-state index is 0.0368. The molecule has 1 heterocycles. The Labute approximate surface area is 198 Å². The molecule has 0 unspecified atom stereocenters. The van der Waals surface area contributed by atoms with Crippen LogP contribution < -0.4 is 11.1 Å². The first-order chi connectivity index (χ1) is 16.3. The zero-order valence-electron chi connectivity index (χ0n) is 17.9. The number of rotatable bonds is 8. The molecule has 3 N–H and O–H groups in total. The van der Waals surface area contributed by atoms with Crippen molar-refractivity contribution in [3.63, 3.8) is 0 Å². The first-order valence-corrected chi connectivity index (χ1v) is 10.9. The number of aromatic nitrogens is 2. The van der Waals surface area contributed by atoms with Gasteiger partial charge in [0.25, 0.3) is 5.91 Å². The second-order valence-electron chi connectivity index (χ2n) is 7.96. The van der Waals surface area contributed by atoms with Crippen LogP contribution in [0.4, 0.5) is 4.39 Å². The molecule has 11 heteroatoms. The average molecular weight is 483 g/mol. The minimum Gasteiger partial charge on any atom is -0.364 e. The average Bonchev–Trinajstić information content (AvgIpc) is 3.59. The lowest BCUT2D eigenvalue weighted by Crippen LogP contribution is -2.43. The molecule has 3 amide bonds. The van der Waals surface area contributed by atoms with Crippen LogP contribution in [-0.2, 0) is 22.7 Å². The summed E-state index contributed by atoms with van der Waals surface area (Å²) in [4.78, 5) is 38.9. The molecule has 0 radical (unpaired) electrons. The Balaban J connectivity index is 1.48. The van der Waals surface area contributed by atoms with E-state index in [1.165, 1.54) is 27.8 Å². The molecule has 0 bridgehead atoms. The van der Waals surface area contributed by atoms with Gasteiger partial charge in [0.1, 0.15) is 12.4 Å². The van der Waals surface area contributed by atoms with E-state index in [9.17, 15) is 18.8 Å². The Hall–Kier alpha value is -3.97. The molecule has 0 aliphatic heterocycles. The number of carbonyl (C=O) groups excluding carboxylic acids is 3. The monoisotopic (exact) mass is 482 g/mol. The van der Waals surface area contributed by atoms with Crippen molar-refractivity contribution in [2.75, 3.05) is 6.54 Å². The summed E-state index contributed by atoms with van der Waals surface area (Å²) < 4.78 is 15.4. The van der Waals surface area contributed by atoms with Crippen LogP contribution in [0.25, 0.3) is 10.9 Å². The summed E-state index contributed by atoms with van der Waals surface area (Å²) in [7, 11) is 0. The molecule has 1 fully saturated rings. The molecule has 2 aromatic carbocycles. The van der Waals surface area contributed by atoms with E-state index in [0.717, 1.165) is 12.8 Å². The highest BCUT2D eigenvalue weighted by atomic mass is 35.5. The summed E-state index contributed by atoms with van der Waals surface area (Å²) in [5.41, 5.74) is 6.41. The van der Waals surface area contributed by atoms with Gasteiger partial charge in [-0.05, 0) is 37.1 Å². The Morgan fingerprint density at radius 1 is 1.29 bits per heavy atom. The van der Waals surface area contributed by atoms with Crippen molar-refractivity contribution < 1.29 is 18.8 Å². The fourth-order valence-corrected chi connectivity index (χ4v) is 3.86. The molecule has 1 saturated carbocycles. The maximum absolute atomic E-state index is 14.0. The molecule has 174 valence electrons. The van der Waals surface area contributed by atoms with E-state index in [0.29, 0.717) is 16.5 Å². The van der Waals surface area contributed by atoms with Crippen molar-refractivity contribution in [2.45, 2.75) is 32.0 Å². The fraction of sp³-hybridized carbons (Fsp3) is 0.261. The van der Waals surface area contributed by atoms with Gasteiger partial charge in [0, 0.05) is 23.5 Å². The third-order valence-corrected chi connectivity index (χ3v) is 5.82. The number of carbonyl (C=O) groups is 3. The summed E-state index contributed by atoms with van der Waals surface area (Å²) in [6.07, 6.45) is 1.53. The first-order valence-electron chi connectivity index (χ1n) is 10.5. The van der Waals surface area contributed by atoms with Gasteiger partial charge in [-0.3, -0.25) is 19.1 Å². The predicted octanol–water partition coefficient (Wildman–Crippen LogP) is 2.11. The molecule has 9 nitrogen and oxygen atoms in total. The van der Waals surface area contributed by atoms with Crippen molar-refractivity contribution in [1.82, 2.24) is 20.0 Å². The van der Waals surface area contributed by atoms with Crippen LogP contribution in [-0.4, -0.2) is 45.0 Å². The number of nitrogens with two attached hydrogens (primary N) is 1. The van der Waals surface area contributed by atoms with Gasteiger partial charge >= 0.3 is 0 Å². The molecule has 1 aromatic heterocycles. The Morgan fingerprint density at radius 3 is 2.74 bits per heavy atom. The van der Waals surface area contributed by atoms with Crippen LogP contribution in [0.1, 0.15) is 34.5 Å². The highest BCUT2D eigenvalue weighted by Crippen LogP contribution is 2.27. The number of nitrogens with one attached hydrogen (secondary N) is 1. The molecule has 0 atom stereocenters. The molecule has 3 aromatic rings. The summed E-state index contributed by atoms with van der Waals surface area (Å²) in [5, 5.41) is 16.3. The standard InChI is InChI=1S/C23H20ClFN6O3/c24-17-3-1-2-14(21(17)25)10-28-19(32)11-30(15-5-6-15)20(33)12-31-18-7-4-13(9-26)8-16(18)22(29-31)23(27)34/h1-4,7-8,15H,5-6,10-12H2,(H2,27,34)(H,28,32). The van der Waals surface area contributed by atoms with E-state index >= 15 is 0 Å². The SMILES string of the molecule is N#Cc1ccc2c(c1)c(C(N)=O)nn2CC(=O)N(CC(=O)NCc1cccc(Cl)c1F)C1CC1. The molecule has 4 rings (SSSR count). The van der Waals surface area contributed by atoms with E-state index in [1.54, 1.807) is 18.2 Å². The number of benzene rings is 2. The Bertz CT molecular complexity index is 1340. The zero-order chi connectivity index (χ0) is 24.4. The van der Waals surface area contributed by atoms with Crippen LogP contribution in [0.3, 0.4) is 0 Å². The van der Waals surface area contributed by atoms with Gasteiger partial charge in [-0.15, -0.1) is 0 Å². The summed E-state index contributed by atoms with van der Waals surface area (Å²) in [6, 6.07) is 11.1. The van der Waals surface area contributed by atoms with Crippen LogP contribution >= 0.6 is 11.6 Å². The quantitative estimate of drug-likeness (QED) is 0.507. The van der Waals surface area contributed by atoms with E-state index in [4.69, 9.17) is 22.6 Å². The van der Waals surface area contributed by atoms with Crippen LogP contribution in [0, 0.1) is 17.1 Å². The molecule has 1 aliphatic carbocycles. The lowest BCUT2D eigenvalue weighted by molar-refractivity contribution is -0.137. The number of fused-ring (bicyclic) bond motifs is 1. The number of nitriles is 1. The van der Waals surface area contributed by atoms with Crippen molar-refractivity contribution in [3.8, 4) is 6.07 Å². The maximum Gasteiger partial charge on any atom is 0.269 e. The van der Waals surface area contributed by atoms with Crippen LogP contribution in [0.15, 0.2) is 36.4 Å². The first kappa shape index (κ1) is 23.2. The largest absolute Gasteiger partial charge is 0.364 e. The number of halogens is 2. The van der Waals surface area contributed by atoms with E-state index < -0.39 is 17.6 Å². The lowest BCUT2D eigenvalue weighted by atomic mass is 10.1. The van der Waals surface area contributed by atoms with Crippen LogP contribution in [0.2, 0.25) is 5.02 Å². The van der Waals surface area contributed by atoms with Crippen LogP contribution in [0.5, 0.6) is 0 Å². The van der Waals surface area contributed by atoms with Gasteiger partial charge in [-0.2, -0.15) is 10.4 Å². The molecule has 0 saturated heterocycles. The van der Waals surface area contributed by atoms with E-state index in [-0.39, 0.29) is 47.9 Å². The van der Waals surface area contributed by atoms with E-state index in [1.807, 2.05) is 6.07 Å². The van der Waals surface area contributed by atoms with Gasteiger partial charge in [0.05, 0.1) is 28.7 Å². The highest BCUT2D eigenvalue weighted by molar-refractivity contribution is 6.30. The number of nitrogens with zero attached hydrogens (tertiary/aromatic N) is 4. The number of primary amides is 1. The summed E-state index contributed by atoms with van der Waals surface area (Å²) in [5.74, 6) is -2.19. The molecule has 0 spiro atoms. The highest BCUT2D eigenvalue weighted by Gasteiger charge is 2.34. The predicted molar refractivity (Wildman–Crippen MR) is 121 cm³/mol. The van der Waals surface area contributed by atoms with E-state index in [2.05, 4.69) is 10.4 Å². The van der Waals surface area contributed by atoms with Gasteiger partial charge < -0.3 is 16.0 Å². The summed E-state index contributed by atoms with van der Waals surface area (Å²) >= 11 is 5.77. The second kappa shape index (κ2) is 9.49. The van der Waals surface area contributed by atoms with Gasteiger partial charge in [-0.1, -0.05) is 23.7 Å². The molecule has 1 aliphatic rings. The maximum atomic E-state index is 14.0. The number of hydrogen-bond donors (Lipinski definition) is 2. The number of amides is 3. The van der Waals surface area contributed by atoms with Gasteiger partial charge in [0.15, 0.2) is 5.69 Å². The lowest BCUT2D eigenvalue weighted by Gasteiger charge is -2.22. The third kappa shape index (κ3) is 4.84. The fourth-order valence-electron chi connectivity index (χ4n) is 3.67. The Morgan fingerprint density at radius 2 is 2.06 bits per heavy atom. The van der Waals surface area contributed by atoms with Crippen molar-refractivity contribution >= 4 is 40.2 Å². The van der Waals surface area contributed by atoms with Crippen molar-refractivity contribution in [3.05, 3.63) is 64.1 Å². The summed E-state index contributed by atoms with van der Waals surface area (Å²) in [6.45, 7) is -0.487. The molecule has 34 heavy (non-hydrogen) atoms. The minimum atomic E-state index is -0.780. The third-order valence-electron chi connectivity index (χ3n) is 5.53. The topological polar surface area (TPSA) is 134 Å². The van der Waals surface area contributed by atoms with Gasteiger partial charge in [-0.25, -0.2) is 4.39 Å². The zero-order valence-corrected chi connectivity index (χ0v) is 18.7. The van der Waals surface area contributed by atoms with Gasteiger partial charge in [0.2, 0.25) is 11.8 Å². The smallest absolute Gasteiger partial charge is 0.269 e. The molecular formula is C23H20ClFN6O3. The second-order valence-corrected chi connectivity index (χ2v) is 8.36. The normalized spacial score (nSPS) is 12.9.